The van der Waals surface area contributed by atoms with Crippen LogP contribution in [0.25, 0.3) is 0 Å². The molecule has 21 heavy (non-hydrogen) atoms. The summed E-state index contributed by atoms with van der Waals surface area (Å²) >= 11 is 0. The number of nitro groups is 1. The van der Waals surface area contributed by atoms with Crippen LogP contribution in [-0.4, -0.2) is 36.6 Å². The van der Waals surface area contributed by atoms with Gasteiger partial charge in [0.25, 0.3) is 11.6 Å². The third kappa shape index (κ3) is 3.91. The van der Waals surface area contributed by atoms with Crippen LogP contribution >= 0.6 is 0 Å². The molecule has 0 saturated carbocycles. The molecule has 1 aliphatic rings. The number of nitro benzene ring substituents is 1. The average Bonchev–Trinajstić information content (AvgIpc) is 2.48. The summed E-state index contributed by atoms with van der Waals surface area (Å²) in [4.78, 5) is 22.7. The van der Waals surface area contributed by atoms with Crippen molar-refractivity contribution in [2.45, 2.75) is 25.8 Å². The Balaban J connectivity index is 2.13. The Bertz CT molecular complexity index is 527. The standard InChI is InChI=1S/C14H19N3O4/c1-2-15-12-6-5-10(8-13(12)17(19)20)14(18)16-11-4-3-7-21-9-11/h5-6,8,11,15H,2-4,7,9H2,1H3,(H,16,18). The third-order valence-corrected chi connectivity index (χ3v) is 3.32. The second-order valence-electron chi connectivity index (χ2n) is 4.91. The fourth-order valence-corrected chi connectivity index (χ4v) is 2.29. The van der Waals surface area contributed by atoms with E-state index in [2.05, 4.69) is 10.6 Å². The Hall–Kier alpha value is -2.15. The fraction of sp³-hybridized carbons (Fsp3) is 0.500. The van der Waals surface area contributed by atoms with E-state index in [1.807, 2.05) is 6.92 Å². The average molecular weight is 293 g/mol. The molecule has 0 aromatic heterocycles. The van der Waals surface area contributed by atoms with Crippen molar-refractivity contribution in [3.8, 4) is 0 Å². The number of rotatable bonds is 5. The molecule has 0 spiro atoms. The summed E-state index contributed by atoms with van der Waals surface area (Å²) in [6.45, 7) is 3.64. The van der Waals surface area contributed by atoms with E-state index in [-0.39, 0.29) is 23.2 Å². The zero-order valence-corrected chi connectivity index (χ0v) is 11.9. The number of carbonyl (C=O) groups is 1. The second kappa shape index (κ2) is 7.03. The number of hydrogen-bond acceptors (Lipinski definition) is 5. The van der Waals surface area contributed by atoms with Gasteiger partial charge in [0, 0.05) is 24.8 Å². The number of nitrogens with zero attached hydrogens (tertiary/aromatic N) is 1. The van der Waals surface area contributed by atoms with E-state index in [0.717, 1.165) is 19.4 Å². The molecular formula is C14H19N3O4. The number of benzene rings is 1. The quantitative estimate of drug-likeness (QED) is 0.639. The largest absolute Gasteiger partial charge is 0.380 e. The Morgan fingerprint density at radius 1 is 1.52 bits per heavy atom. The van der Waals surface area contributed by atoms with Crippen molar-refractivity contribution in [1.82, 2.24) is 5.32 Å². The van der Waals surface area contributed by atoms with Crippen molar-refractivity contribution in [2.24, 2.45) is 0 Å². The number of hydrogen-bond donors (Lipinski definition) is 2. The van der Waals surface area contributed by atoms with Crippen molar-refractivity contribution in [3.63, 3.8) is 0 Å². The highest BCUT2D eigenvalue weighted by Crippen LogP contribution is 2.25. The summed E-state index contributed by atoms with van der Waals surface area (Å²) in [5, 5.41) is 16.8. The van der Waals surface area contributed by atoms with Gasteiger partial charge in [-0.05, 0) is 31.9 Å². The SMILES string of the molecule is CCNc1ccc(C(=O)NC2CCCOC2)cc1[N+](=O)[O-]. The monoisotopic (exact) mass is 293 g/mol. The highest BCUT2D eigenvalue weighted by Gasteiger charge is 2.20. The van der Waals surface area contributed by atoms with Gasteiger partial charge in [0.1, 0.15) is 5.69 Å². The van der Waals surface area contributed by atoms with Crippen molar-refractivity contribution in [3.05, 3.63) is 33.9 Å². The molecule has 1 amide bonds. The van der Waals surface area contributed by atoms with Gasteiger partial charge >= 0.3 is 0 Å². The number of amides is 1. The summed E-state index contributed by atoms with van der Waals surface area (Å²) in [5.41, 5.74) is 0.610. The summed E-state index contributed by atoms with van der Waals surface area (Å²) in [6.07, 6.45) is 1.77. The lowest BCUT2D eigenvalue weighted by Crippen LogP contribution is -2.40. The van der Waals surface area contributed by atoms with Crippen LogP contribution in [0.4, 0.5) is 11.4 Å². The summed E-state index contributed by atoms with van der Waals surface area (Å²) < 4.78 is 5.30. The van der Waals surface area contributed by atoms with Gasteiger partial charge in [0.05, 0.1) is 17.6 Å². The van der Waals surface area contributed by atoms with Gasteiger partial charge in [-0.1, -0.05) is 0 Å². The molecule has 7 nitrogen and oxygen atoms in total. The predicted octanol–water partition coefficient (Wildman–Crippen LogP) is 1.94. The maximum atomic E-state index is 12.1. The van der Waals surface area contributed by atoms with Crippen LogP contribution in [0.1, 0.15) is 30.1 Å². The second-order valence-corrected chi connectivity index (χ2v) is 4.91. The van der Waals surface area contributed by atoms with Gasteiger partial charge in [0.2, 0.25) is 0 Å². The molecule has 2 rings (SSSR count). The topological polar surface area (TPSA) is 93.5 Å². The minimum Gasteiger partial charge on any atom is -0.380 e. The van der Waals surface area contributed by atoms with Gasteiger partial charge in [-0.15, -0.1) is 0 Å². The molecule has 0 aliphatic carbocycles. The van der Waals surface area contributed by atoms with Crippen LogP contribution in [0, 0.1) is 10.1 Å². The van der Waals surface area contributed by atoms with Crippen LogP contribution in [0.2, 0.25) is 0 Å². The molecule has 2 N–H and O–H groups in total. The first-order valence-corrected chi connectivity index (χ1v) is 7.02. The van der Waals surface area contributed by atoms with Crippen LogP contribution in [-0.2, 0) is 4.74 Å². The smallest absolute Gasteiger partial charge is 0.293 e. The number of carbonyl (C=O) groups excluding carboxylic acids is 1. The van der Waals surface area contributed by atoms with Gasteiger partial charge in [-0.2, -0.15) is 0 Å². The van der Waals surface area contributed by atoms with Gasteiger partial charge in [-0.25, -0.2) is 0 Å². The molecule has 1 aliphatic heterocycles. The van der Waals surface area contributed by atoms with E-state index in [1.165, 1.54) is 6.07 Å². The lowest BCUT2D eigenvalue weighted by molar-refractivity contribution is -0.384. The minimum absolute atomic E-state index is 0.0289. The maximum Gasteiger partial charge on any atom is 0.293 e. The Labute approximate surface area is 122 Å². The lowest BCUT2D eigenvalue weighted by atomic mass is 10.1. The van der Waals surface area contributed by atoms with Gasteiger partial charge < -0.3 is 15.4 Å². The van der Waals surface area contributed by atoms with Crippen LogP contribution < -0.4 is 10.6 Å². The van der Waals surface area contributed by atoms with Crippen molar-refractivity contribution in [2.75, 3.05) is 25.1 Å². The maximum absolute atomic E-state index is 12.1. The Morgan fingerprint density at radius 2 is 2.33 bits per heavy atom. The van der Waals surface area contributed by atoms with E-state index in [9.17, 15) is 14.9 Å². The Morgan fingerprint density at radius 3 is 2.95 bits per heavy atom. The number of nitrogens with one attached hydrogen (secondary N) is 2. The highest BCUT2D eigenvalue weighted by molar-refractivity contribution is 5.95. The first-order chi connectivity index (χ1) is 10.1. The molecule has 1 unspecified atom stereocenters. The zero-order chi connectivity index (χ0) is 15.2. The fourth-order valence-electron chi connectivity index (χ4n) is 2.29. The van der Waals surface area contributed by atoms with E-state index < -0.39 is 4.92 Å². The zero-order valence-electron chi connectivity index (χ0n) is 11.9. The molecule has 1 fully saturated rings. The molecule has 1 atom stereocenters. The predicted molar refractivity (Wildman–Crippen MR) is 78.6 cm³/mol. The lowest BCUT2D eigenvalue weighted by Gasteiger charge is -2.23. The molecule has 1 aromatic rings. The van der Waals surface area contributed by atoms with Crippen LogP contribution in [0.5, 0.6) is 0 Å². The van der Waals surface area contributed by atoms with Crippen LogP contribution in [0.3, 0.4) is 0 Å². The first kappa shape index (κ1) is 15.2. The highest BCUT2D eigenvalue weighted by atomic mass is 16.6. The molecule has 114 valence electrons. The molecule has 1 heterocycles. The van der Waals surface area contributed by atoms with Crippen molar-refractivity contribution < 1.29 is 14.5 Å². The Kier molecular flexibility index (Phi) is 5.10. The van der Waals surface area contributed by atoms with E-state index in [1.54, 1.807) is 12.1 Å². The van der Waals surface area contributed by atoms with Gasteiger partial charge in [-0.3, -0.25) is 14.9 Å². The van der Waals surface area contributed by atoms with Gasteiger partial charge in [0.15, 0.2) is 0 Å². The van der Waals surface area contributed by atoms with E-state index in [4.69, 9.17) is 4.74 Å². The molecule has 0 bridgehead atoms. The molecule has 0 radical (unpaired) electrons. The molecular weight excluding hydrogens is 274 g/mol. The molecule has 1 saturated heterocycles. The minimum atomic E-state index is -0.488. The van der Waals surface area contributed by atoms with Crippen molar-refractivity contribution in [1.29, 1.82) is 0 Å². The van der Waals surface area contributed by atoms with E-state index in [0.29, 0.717) is 18.8 Å². The first-order valence-electron chi connectivity index (χ1n) is 7.02. The third-order valence-electron chi connectivity index (χ3n) is 3.32. The summed E-state index contributed by atoms with van der Waals surface area (Å²) in [5.74, 6) is -0.309. The number of anilines is 1. The number of ether oxygens (including phenoxy) is 1. The molecule has 7 heteroatoms. The van der Waals surface area contributed by atoms with Crippen LogP contribution in [0.15, 0.2) is 18.2 Å². The van der Waals surface area contributed by atoms with E-state index >= 15 is 0 Å². The summed E-state index contributed by atoms with van der Waals surface area (Å²) in [7, 11) is 0. The molecule has 1 aromatic carbocycles. The van der Waals surface area contributed by atoms with Crippen molar-refractivity contribution >= 4 is 17.3 Å². The summed E-state index contributed by atoms with van der Waals surface area (Å²) in [6, 6.07) is 4.42. The normalized spacial score (nSPS) is 18.0.